The topological polar surface area (TPSA) is 0 Å². The molecule has 0 aromatic heterocycles. The Labute approximate surface area is 111 Å². The van der Waals surface area contributed by atoms with E-state index in [0.29, 0.717) is 0 Å². The smallest absolute Gasteiger partial charge is 0.123 e. The van der Waals surface area contributed by atoms with Gasteiger partial charge in [-0.2, -0.15) is 0 Å². The molecular formula is C17H25F. The lowest BCUT2D eigenvalue weighted by Gasteiger charge is -2.28. The largest absolute Gasteiger partial charge is 0.207 e. The highest BCUT2D eigenvalue weighted by molar-refractivity contribution is 5.16. The van der Waals surface area contributed by atoms with Crippen LogP contribution in [0.25, 0.3) is 0 Å². The van der Waals surface area contributed by atoms with E-state index in [9.17, 15) is 4.39 Å². The molecule has 0 radical (unpaired) electrons. The Morgan fingerprint density at radius 1 is 1.06 bits per heavy atom. The maximum absolute atomic E-state index is 13.1. The Bertz CT molecular complexity index is 350. The van der Waals surface area contributed by atoms with Gasteiger partial charge in [-0.3, -0.25) is 0 Å². The summed E-state index contributed by atoms with van der Waals surface area (Å²) in [5.41, 5.74) is 1.16. The van der Waals surface area contributed by atoms with Crippen LogP contribution in [0.2, 0.25) is 0 Å². The van der Waals surface area contributed by atoms with Crippen LogP contribution in [0, 0.1) is 17.7 Å². The minimum absolute atomic E-state index is 0.0980. The fraction of sp³-hybridized carbons (Fsp3) is 0.647. The monoisotopic (exact) mass is 248 g/mol. The van der Waals surface area contributed by atoms with Crippen molar-refractivity contribution in [3.05, 3.63) is 35.6 Å². The van der Waals surface area contributed by atoms with E-state index in [0.717, 1.165) is 23.8 Å². The van der Waals surface area contributed by atoms with Crippen LogP contribution < -0.4 is 0 Å². The minimum atomic E-state index is -0.0980. The zero-order chi connectivity index (χ0) is 12.8. The van der Waals surface area contributed by atoms with Crippen LogP contribution in [0.1, 0.15) is 57.4 Å². The molecule has 0 atom stereocenters. The van der Waals surface area contributed by atoms with E-state index in [4.69, 9.17) is 0 Å². The molecule has 1 heteroatoms. The molecule has 0 spiro atoms. The van der Waals surface area contributed by atoms with Crippen molar-refractivity contribution in [2.45, 2.75) is 58.3 Å². The predicted octanol–water partition coefficient (Wildman–Crippen LogP) is 5.36. The summed E-state index contributed by atoms with van der Waals surface area (Å²) in [6, 6.07) is 7.08. The fourth-order valence-electron chi connectivity index (χ4n) is 3.28. The molecule has 1 aliphatic rings. The van der Waals surface area contributed by atoms with Crippen molar-refractivity contribution in [1.29, 1.82) is 0 Å². The first-order chi connectivity index (χ1) is 8.78. The lowest BCUT2D eigenvalue weighted by Crippen LogP contribution is -2.15. The van der Waals surface area contributed by atoms with E-state index in [2.05, 4.69) is 6.92 Å². The molecule has 1 aliphatic carbocycles. The fourth-order valence-corrected chi connectivity index (χ4v) is 3.28. The molecule has 100 valence electrons. The SMILES string of the molecule is CCC[C@H]1CC[C@H](CCc2cccc(F)c2)CC1. The van der Waals surface area contributed by atoms with Crippen LogP contribution in [0.3, 0.4) is 0 Å². The summed E-state index contributed by atoms with van der Waals surface area (Å²) in [5, 5.41) is 0. The first-order valence-corrected chi connectivity index (χ1v) is 7.52. The standard InChI is InChI=1S/C17H25F/c1-2-4-14-7-9-15(10-8-14)11-12-16-5-3-6-17(18)13-16/h3,5-6,13-15H,2,4,7-12H2,1H3/t14-,15-. The van der Waals surface area contributed by atoms with Crippen molar-refractivity contribution in [3.63, 3.8) is 0 Å². The Hall–Kier alpha value is -0.850. The van der Waals surface area contributed by atoms with Crippen molar-refractivity contribution in [2.75, 3.05) is 0 Å². The normalized spacial score (nSPS) is 24.1. The summed E-state index contributed by atoms with van der Waals surface area (Å²) in [7, 11) is 0. The average Bonchev–Trinajstić information content (AvgIpc) is 2.38. The molecule has 18 heavy (non-hydrogen) atoms. The van der Waals surface area contributed by atoms with Gasteiger partial charge in [0.1, 0.15) is 5.82 Å². The van der Waals surface area contributed by atoms with E-state index in [1.807, 2.05) is 12.1 Å². The maximum atomic E-state index is 13.1. The third-order valence-electron chi connectivity index (χ3n) is 4.39. The van der Waals surface area contributed by atoms with Crippen molar-refractivity contribution in [3.8, 4) is 0 Å². The molecule has 1 aromatic rings. The van der Waals surface area contributed by atoms with E-state index in [1.54, 1.807) is 6.07 Å². The molecule has 1 saturated carbocycles. The predicted molar refractivity (Wildman–Crippen MR) is 75.1 cm³/mol. The Balaban J connectivity index is 1.72. The molecule has 0 unspecified atom stereocenters. The number of hydrogen-bond acceptors (Lipinski definition) is 0. The molecule has 0 bridgehead atoms. The van der Waals surface area contributed by atoms with Crippen LogP contribution in [-0.4, -0.2) is 0 Å². The molecule has 1 fully saturated rings. The van der Waals surface area contributed by atoms with Crippen LogP contribution in [-0.2, 0) is 6.42 Å². The van der Waals surface area contributed by atoms with Gasteiger partial charge in [0.2, 0.25) is 0 Å². The summed E-state index contributed by atoms with van der Waals surface area (Å²) in [6.45, 7) is 2.29. The Morgan fingerprint density at radius 3 is 2.33 bits per heavy atom. The molecular weight excluding hydrogens is 223 g/mol. The molecule has 0 nitrogen and oxygen atoms in total. The first kappa shape index (κ1) is 13.6. The van der Waals surface area contributed by atoms with Gasteiger partial charge in [-0.1, -0.05) is 57.6 Å². The molecule has 2 rings (SSSR count). The highest BCUT2D eigenvalue weighted by Gasteiger charge is 2.20. The summed E-state index contributed by atoms with van der Waals surface area (Å²) in [4.78, 5) is 0. The summed E-state index contributed by atoms with van der Waals surface area (Å²) < 4.78 is 13.1. The lowest BCUT2D eigenvalue weighted by atomic mass is 9.78. The Kier molecular flexibility index (Phi) is 5.22. The number of halogens is 1. The van der Waals surface area contributed by atoms with Crippen LogP contribution in [0.4, 0.5) is 4.39 Å². The van der Waals surface area contributed by atoms with E-state index in [1.165, 1.54) is 51.0 Å². The number of aryl methyl sites for hydroxylation is 1. The second-order valence-electron chi connectivity index (χ2n) is 5.84. The summed E-state index contributed by atoms with van der Waals surface area (Å²) in [5.74, 6) is 1.76. The van der Waals surface area contributed by atoms with Gasteiger partial charge < -0.3 is 0 Å². The maximum Gasteiger partial charge on any atom is 0.123 e. The van der Waals surface area contributed by atoms with Crippen molar-refractivity contribution in [2.24, 2.45) is 11.8 Å². The quantitative estimate of drug-likeness (QED) is 0.657. The third-order valence-corrected chi connectivity index (χ3v) is 4.39. The number of rotatable bonds is 5. The van der Waals surface area contributed by atoms with Crippen molar-refractivity contribution >= 4 is 0 Å². The summed E-state index contributed by atoms with van der Waals surface area (Å²) >= 11 is 0. The zero-order valence-corrected chi connectivity index (χ0v) is 11.5. The molecule has 0 heterocycles. The van der Waals surface area contributed by atoms with Gasteiger partial charge in [-0.05, 0) is 42.4 Å². The number of hydrogen-bond donors (Lipinski definition) is 0. The van der Waals surface area contributed by atoms with Crippen molar-refractivity contribution in [1.82, 2.24) is 0 Å². The van der Waals surface area contributed by atoms with Crippen molar-refractivity contribution < 1.29 is 4.39 Å². The molecule has 1 aromatic carbocycles. The van der Waals surface area contributed by atoms with Gasteiger partial charge in [-0.25, -0.2) is 4.39 Å². The second kappa shape index (κ2) is 6.92. The van der Waals surface area contributed by atoms with Gasteiger partial charge in [0, 0.05) is 0 Å². The van der Waals surface area contributed by atoms with Crippen LogP contribution in [0.15, 0.2) is 24.3 Å². The van der Waals surface area contributed by atoms with E-state index < -0.39 is 0 Å². The van der Waals surface area contributed by atoms with E-state index in [-0.39, 0.29) is 5.82 Å². The Morgan fingerprint density at radius 2 is 1.72 bits per heavy atom. The van der Waals surface area contributed by atoms with Crippen LogP contribution >= 0.6 is 0 Å². The lowest BCUT2D eigenvalue weighted by molar-refractivity contribution is 0.252. The molecule has 0 N–H and O–H groups in total. The second-order valence-corrected chi connectivity index (χ2v) is 5.84. The zero-order valence-electron chi connectivity index (χ0n) is 11.5. The van der Waals surface area contributed by atoms with Gasteiger partial charge in [0.25, 0.3) is 0 Å². The van der Waals surface area contributed by atoms with Gasteiger partial charge in [0.05, 0.1) is 0 Å². The summed E-state index contributed by atoms with van der Waals surface area (Å²) in [6.07, 6.45) is 10.6. The average molecular weight is 248 g/mol. The highest BCUT2D eigenvalue weighted by atomic mass is 19.1. The number of benzene rings is 1. The van der Waals surface area contributed by atoms with Gasteiger partial charge >= 0.3 is 0 Å². The molecule has 0 aliphatic heterocycles. The van der Waals surface area contributed by atoms with E-state index >= 15 is 0 Å². The first-order valence-electron chi connectivity index (χ1n) is 7.52. The highest BCUT2D eigenvalue weighted by Crippen LogP contribution is 2.33. The molecule has 0 saturated heterocycles. The third kappa shape index (κ3) is 4.12. The van der Waals surface area contributed by atoms with Crippen LogP contribution in [0.5, 0.6) is 0 Å². The van der Waals surface area contributed by atoms with Gasteiger partial charge in [-0.15, -0.1) is 0 Å². The minimum Gasteiger partial charge on any atom is -0.207 e. The van der Waals surface area contributed by atoms with Gasteiger partial charge in [0.15, 0.2) is 0 Å². The molecule has 0 amide bonds.